The van der Waals surface area contributed by atoms with Gasteiger partial charge < -0.3 is 15.0 Å². The SMILES string of the molecule is CN1c2ncc(Cl)cc2NC(=O)C2COCC21. The molecule has 17 heavy (non-hydrogen) atoms. The Balaban J connectivity index is 2.08. The van der Waals surface area contributed by atoms with E-state index in [1.807, 2.05) is 11.9 Å². The maximum Gasteiger partial charge on any atom is 0.232 e. The van der Waals surface area contributed by atoms with Gasteiger partial charge in [-0.1, -0.05) is 11.6 Å². The smallest absolute Gasteiger partial charge is 0.232 e. The molecule has 0 spiro atoms. The molecule has 2 atom stereocenters. The Kier molecular flexibility index (Phi) is 2.45. The fourth-order valence-electron chi connectivity index (χ4n) is 2.36. The Labute approximate surface area is 104 Å². The van der Waals surface area contributed by atoms with Crippen LogP contribution in [0.1, 0.15) is 0 Å². The van der Waals surface area contributed by atoms with Crippen LogP contribution in [0.4, 0.5) is 11.5 Å². The molecular weight excluding hydrogens is 242 g/mol. The maximum absolute atomic E-state index is 12.0. The first kappa shape index (κ1) is 10.8. The topological polar surface area (TPSA) is 54.5 Å². The highest BCUT2D eigenvalue weighted by Crippen LogP contribution is 2.34. The second-order valence-electron chi connectivity index (χ2n) is 4.34. The number of pyridine rings is 1. The van der Waals surface area contributed by atoms with E-state index in [0.29, 0.717) is 23.9 Å². The molecule has 3 rings (SSSR count). The molecule has 0 aromatic carbocycles. The van der Waals surface area contributed by atoms with Gasteiger partial charge in [0.1, 0.15) is 0 Å². The number of carbonyl (C=O) groups is 1. The molecule has 6 heteroatoms. The lowest BCUT2D eigenvalue weighted by molar-refractivity contribution is -0.120. The van der Waals surface area contributed by atoms with Crippen molar-refractivity contribution in [3.8, 4) is 0 Å². The van der Waals surface area contributed by atoms with E-state index in [4.69, 9.17) is 16.3 Å². The first-order valence-corrected chi connectivity index (χ1v) is 5.81. The van der Waals surface area contributed by atoms with Crippen LogP contribution in [0.15, 0.2) is 12.3 Å². The molecule has 2 aliphatic rings. The lowest BCUT2D eigenvalue weighted by atomic mass is 10.0. The van der Waals surface area contributed by atoms with Gasteiger partial charge in [-0.2, -0.15) is 0 Å². The number of anilines is 2. The van der Waals surface area contributed by atoms with Crippen LogP contribution >= 0.6 is 11.6 Å². The molecule has 0 radical (unpaired) electrons. The monoisotopic (exact) mass is 253 g/mol. The van der Waals surface area contributed by atoms with Crippen LogP contribution < -0.4 is 10.2 Å². The number of ether oxygens (including phenoxy) is 1. The molecule has 1 fully saturated rings. The molecule has 0 bridgehead atoms. The van der Waals surface area contributed by atoms with Crippen LogP contribution in [0.2, 0.25) is 5.02 Å². The van der Waals surface area contributed by atoms with Gasteiger partial charge >= 0.3 is 0 Å². The molecule has 5 nitrogen and oxygen atoms in total. The minimum atomic E-state index is -0.145. The summed E-state index contributed by atoms with van der Waals surface area (Å²) in [6.45, 7) is 1.01. The van der Waals surface area contributed by atoms with E-state index >= 15 is 0 Å². The van der Waals surface area contributed by atoms with Crippen molar-refractivity contribution in [2.24, 2.45) is 5.92 Å². The van der Waals surface area contributed by atoms with Crippen molar-refractivity contribution in [2.75, 3.05) is 30.5 Å². The number of aromatic nitrogens is 1. The lowest BCUT2D eigenvalue weighted by Crippen LogP contribution is -2.40. The zero-order valence-corrected chi connectivity index (χ0v) is 10.1. The highest BCUT2D eigenvalue weighted by atomic mass is 35.5. The van der Waals surface area contributed by atoms with Crippen LogP contribution in [0.25, 0.3) is 0 Å². The van der Waals surface area contributed by atoms with Gasteiger partial charge in [0.15, 0.2) is 5.82 Å². The molecular formula is C11H12ClN3O2. The molecule has 1 saturated heterocycles. The van der Waals surface area contributed by atoms with Gasteiger partial charge in [0.2, 0.25) is 5.91 Å². The summed E-state index contributed by atoms with van der Waals surface area (Å²) >= 11 is 5.89. The molecule has 1 aromatic heterocycles. The Morgan fingerprint density at radius 2 is 2.41 bits per heavy atom. The minimum absolute atomic E-state index is 0.0258. The summed E-state index contributed by atoms with van der Waals surface area (Å²) in [4.78, 5) is 18.3. The molecule has 2 unspecified atom stereocenters. The highest BCUT2D eigenvalue weighted by molar-refractivity contribution is 6.31. The van der Waals surface area contributed by atoms with E-state index in [9.17, 15) is 4.79 Å². The van der Waals surface area contributed by atoms with E-state index < -0.39 is 0 Å². The van der Waals surface area contributed by atoms with Crippen molar-refractivity contribution < 1.29 is 9.53 Å². The summed E-state index contributed by atoms with van der Waals surface area (Å²) < 4.78 is 5.37. The standard InChI is InChI=1S/C11H12ClN3O2/c1-15-9-5-17-4-7(9)11(16)14-8-2-6(12)3-13-10(8)15/h2-3,7,9H,4-5H2,1H3,(H,14,16). The van der Waals surface area contributed by atoms with E-state index in [1.165, 1.54) is 0 Å². The number of hydrogen-bond acceptors (Lipinski definition) is 4. The third kappa shape index (κ3) is 1.66. The van der Waals surface area contributed by atoms with Gasteiger partial charge in [0, 0.05) is 13.2 Å². The fourth-order valence-corrected chi connectivity index (χ4v) is 2.52. The number of likely N-dealkylation sites (N-methyl/N-ethyl adjacent to an activating group) is 1. The zero-order valence-electron chi connectivity index (χ0n) is 9.31. The zero-order chi connectivity index (χ0) is 12.0. The summed E-state index contributed by atoms with van der Waals surface area (Å²) in [5.41, 5.74) is 0.666. The van der Waals surface area contributed by atoms with Crippen molar-refractivity contribution in [1.29, 1.82) is 0 Å². The molecule has 3 heterocycles. The summed E-state index contributed by atoms with van der Waals surface area (Å²) in [7, 11) is 1.92. The molecule has 0 aliphatic carbocycles. The molecule has 1 N–H and O–H groups in total. The van der Waals surface area contributed by atoms with Crippen LogP contribution in [0.5, 0.6) is 0 Å². The summed E-state index contributed by atoms with van der Waals surface area (Å²) in [5, 5.41) is 3.37. The van der Waals surface area contributed by atoms with Crippen LogP contribution in [0.3, 0.4) is 0 Å². The molecule has 2 aliphatic heterocycles. The number of rotatable bonds is 0. The predicted octanol–water partition coefficient (Wildman–Crippen LogP) is 1.14. The average molecular weight is 254 g/mol. The second-order valence-corrected chi connectivity index (χ2v) is 4.77. The van der Waals surface area contributed by atoms with E-state index in [2.05, 4.69) is 10.3 Å². The maximum atomic E-state index is 12.0. The van der Waals surface area contributed by atoms with E-state index in [1.54, 1.807) is 12.3 Å². The second kappa shape index (κ2) is 3.85. The van der Waals surface area contributed by atoms with E-state index in [0.717, 1.165) is 5.82 Å². The van der Waals surface area contributed by atoms with E-state index in [-0.39, 0.29) is 17.9 Å². The van der Waals surface area contributed by atoms with Gasteiger partial charge in [-0.15, -0.1) is 0 Å². The molecule has 0 saturated carbocycles. The van der Waals surface area contributed by atoms with Crippen LogP contribution in [-0.2, 0) is 9.53 Å². The number of halogens is 1. The molecule has 1 aromatic rings. The number of nitrogens with zero attached hydrogens (tertiary/aromatic N) is 2. The Morgan fingerprint density at radius 3 is 3.24 bits per heavy atom. The number of nitrogens with one attached hydrogen (secondary N) is 1. The number of hydrogen-bond donors (Lipinski definition) is 1. The summed E-state index contributed by atoms with van der Waals surface area (Å²) in [6, 6.07) is 1.77. The lowest BCUT2D eigenvalue weighted by Gasteiger charge is -2.25. The van der Waals surface area contributed by atoms with Gasteiger partial charge in [0.05, 0.1) is 35.9 Å². The predicted molar refractivity (Wildman–Crippen MR) is 64.4 cm³/mol. The average Bonchev–Trinajstić information content (AvgIpc) is 2.74. The Morgan fingerprint density at radius 1 is 1.59 bits per heavy atom. The number of amides is 1. The third-order valence-corrected chi connectivity index (χ3v) is 3.52. The van der Waals surface area contributed by atoms with Crippen molar-refractivity contribution in [3.05, 3.63) is 17.3 Å². The fraction of sp³-hybridized carbons (Fsp3) is 0.455. The third-order valence-electron chi connectivity index (χ3n) is 3.31. The van der Waals surface area contributed by atoms with Crippen molar-refractivity contribution in [1.82, 2.24) is 4.98 Å². The Bertz CT molecular complexity index is 480. The van der Waals surface area contributed by atoms with Crippen LogP contribution in [-0.4, -0.2) is 37.2 Å². The summed E-state index contributed by atoms with van der Waals surface area (Å²) in [6.07, 6.45) is 1.58. The quantitative estimate of drug-likeness (QED) is 0.753. The minimum Gasteiger partial charge on any atom is -0.378 e. The first-order valence-electron chi connectivity index (χ1n) is 5.44. The highest BCUT2D eigenvalue weighted by Gasteiger charge is 2.40. The molecule has 90 valence electrons. The van der Waals surface area contributed by atoms with Crippen molar-refractivity contribution >= 4 is 29.0 Å². The number of carbonyl (C=O) groups excluding carboxylic acids is 1. The van der Waals surface area contributed by atoms with Gasteiger partial charge in [-0.05, 0) is 6.07 Å². The van der Waals surface area contributed by atoms with Gasteiger partial charge in [0.25, 0.3) is 0 Å². The normalized spacial score (nSPS) is 27.2. The molecule has 1 amide bonds. The van der Waals surface area contributed by atoms with Crippen molar-refractivity contribution in [2.45, 2.75) is 6.04 Å². The first-order chi connectivity index (χ1) is 8.16. The van der Waals surface area contributed by atoms with Crippen molar-refractivity contribution in [3.63, 3.8) is 0 Å². The number of fused-ring (bicyclic) bond motifs is 2. The van der Waals surface area contributed by atoms with Gasteiger partial charge in [-0.3, -0.25) is 4.79 Å². The largest absolute Gasteiger partial charge is 0.378 e. The Hall–Kier alpha value is -1.33. The van der Waals surface area contributed by atoms with Gasteiger partial charge in [-0.25, -0.2) is 4.98 Å². The van der Waals surface area contributed by atoms with Crippen LogP contribution in [0, 0.1) is 5.92 Å². The summed E-state index contributed by atoms with van der Waals surface area (Å²) in [5.74, 6) is 0.566.